The molecule has 0 saturated carbocycles. The minimum Gasteiger partial charge on any atom is -0.410 e. The average Bonchev–Trinajstić information content (AvgIpc) is 2.04. The number of hydrogen-bond donors (Lipinski definition) is 2. The van der Waals surface area contributed by atoms with Gasteiger partial charge in [-0.05, 0) is 11.6 Å². The highest BCUT2D eigenvalue weighted by atomic mass is 28.4. The summed E-state index contributed by atoms with van der Waals surface area (Å²) in [5.74, 6) is 0. The molecular formula is C10H16O2Si. The highest BCUT2D eigenvalue weighted by Gasteiger charge is 2.27. The van der Waals surface area contributed by atoms with Crippen LogP contribution < -0.4 is 0 Å². The quantitative estimate of drug-likeness (QED) is 0.718. The van der Waals surface area contributed by atoms with Crippen LogP contribution in [0.15, 0.2) is 30.3 Å². The van der Waals surface area contributed by atoms with Gasteiger partial charge in [-0.25, -0.2) is 0 Å². The van der Waals surface area contributed by atoms with Gasteiger partial charge in [0.25, 0.3) is 0 Å². The highest BCUT2D eigenvalue weighted by Crippen LogP contribution is 2.12. The zero-order valence-corrected chi connectivity index (χ0v) is 8.90. The SMILES string of the molecule is CCC[Si](O)(O)Cc1ccccc1. The van der Waals surface area contributed by atoms with Gasteiger partial charge in [0.2, 0.25) is 0 Å². The van der Waals surface area contributed by atoms with E-state index in [1.54, 1.807) is 0 Å². The largest absolute Gasteiger partial charge is 0.410 e. The van der Waals surface area contributed by atoms with Crippen molar-refractivity contribution in [1.29, 1.82) is 0 Å². The van der Waals surface area contributed by atoms with Crippen molar-refractivity contribution in [3.05, 3.63) is 35.9 Å². The van der Waals surface area contributed by atoms with E-state index in [0.717, 1.165) is 12.0 Å². The lowest BCUT2D eigenvalue weighted by atomic mass is 10.2. The maximum atomic E-state index is 9.66. The van der Waals surface area contributed by atoms with Gasteiger partial charge >= 0.3 is 8.56 Å². The molecule has 0 radical (unpaired) electrons. The summed E-state index contributed by atoms with van der Waals surface area (Å²) >= 11 is 0. The minimum atomic E-state index is -2.94. The first-order valence-corrected chi connectivity index (χ1v) is 6.93. The molecule has 2 nitrogen and oxygen atoms in total. The smallest absolute Gasteiger partial charge is 0.337 e. The highest BCUT2D eigenvalue weighted by molar-refractivity contribution is 6.64. The Morgan fingerprint density at radius 1 is 1.15 bits per heavy atom. The maximum Gasteiger partial charge on any atom is 0.337 e. The van der Waals surface area contributed by atoms with E-state index in [1.807, 2.05) is 37.3 Å². The van der Waals surface area contributed by atoms with E-state index < -0.39 is 8.56 Å². The molecule has 3 heteroatoms. The van der Waals surface area contributed by atoms with Gasteiger partial charge in [-0.1, -0.05) is 43.7 Å². The Labute approximate surface area is 80.1 Å². The number of hydrogen-bond acceptors (Lipinski definition) is 2. The average molecular weight is 196 g/mol. The molecule has 0 amide bonds. The molecule has 13 heavy (non-hydrogen) atoms. The third kappa shape index (κ3) is 3.72. The Hall–Kier alpha value is -0.643. The van der Waals surface area contributed by atoms with Crippen LogP contribution in [0.3, 0.4) is 0 Å². The van der Waals surface area contributed by atoms with Crippen molar-refractivity contribution < 1.29 is 9.59 Å². The van der Waals surface area contributed by atoms with Crippen molar-refractivity contribution >= 4 is 8.56 Å². The summed E-state index contributed by atoms with van der Waals surface area (Å²) in [4.78, 5) is 19.3. The first-order chi connectivity index (χ1) is 6.14. The molecule has 0 spiro atoms. The fourth-order valence-electron chi connectivity index (χ4n) is 1.41. The normalized spacial score (nSPS) is 11.6. The topological polar surface area (TPSA) is 40.5 Å². The molecule has 0 saturated heterocycles. The molecule has 1 aromatic rings. The van der Waals surface area contributed by atoms with Crippen LogP contribution >= 0.6 is 0 Å². The second-order valence-electron chi connectivity index (χ2n) is 3.39. The number of benzene rings is 1. The van der Waals surface area contributed by atoms with Crippen LogP contribution in [-0.2, 0) is 6.04 Å². The summed E-state index contributed by atoms with van der Waals surface area (Å²) in [5, 5.41) is 0. The van der Waals surface area contributed by atoms with Crippen LogP contribution in [0.1, 0.15) is 18.9 Å². The van der Waals surface area contributed by atoms with Crippen molar-refractivity contribution in [2.24, 2.45) is 0 Å². The Morgan fingerprint density at radius 2 is 1.77 bits per heavy atom. The molecule has 1 rings (SSSR count). The summed E-state index contributed by atoms with van der Waals surface area (Å²) in [6.45, 7) is 1.97. The third-order valence-corrected chi connectivity index (χ3v) is 4.26. The van der Waals surface area contributed by atoms with Gasteiger partial charge in [0, 0.05) is 6.04 Å². The van der Waals surface area contributed by atoms with Crippen molar-refractivity contribution in [3.63, 3.8) is 0 Å². The second-order valence-corrected chi connectivity index (χ2v) is 6.21. The van der Waals surface area contributed by atoms with Crippen LogP contribution in [0.25, 0.3) is 0 Å². The fraction of sp³-hybridized carbons (Fsp3) is 0.400. The number of rotatable bonds is 4. The minimum absolute atomic E-state index is 0.446. The lowest BCUT2D eigenvalue weighted by Crippen LogP contribution is -2.37. The Morgan fingerprint density at radius 3 is 2.31 bits per heavy atom. The van der Waals surface area contributed by atoms with Gasteiger partial charge in [-0.15, -0.1) is 0 Å². The molecule has 0 aromatic heterocycles. The van der Waals surface area contributed by atoms with Gasteiger partial charge in [0.15, 0.2) is 0 Å². The van der Waals surface area contributed by atoms with E-state index in [-0.39, 0.29) is 0 Å². The van der Waals surface area contributed by atoms with E-state index >= 15 is 0 Å². The molecule has 2 N–H and O–H groups in total. The van der Waals surface area contributed by atoms with Gasteiger partial charge in [0.05, 0.1) is 0 Å². The standard InChI is InChI=1S/C10H16O2Si/c1-2-8-13(11,12)9-10-6-4-3-5-7-10/h3-7,11-12H,2,8-9H2,1H3. The molecule has 0 aliphatic carbocycles. The molecule has 0 unspecified atom stereocenters. The molecule has 0 fully saturated rings. The monoisotopic (exact) mass is 196 g/mol. The van der Waals surface area contributed by atoms with Crippen molar-refractivity contribution in [2.45, 2.75) is 25.4 Å². The molecule has 0 aliphatic rings. The van der Waals surface area contributed by atoms with Crippen LogP contribution in [-0.4, -0.2) is 18.2 Å². The van der Waals surface area contributed by atoms with E-state index in [1.165, 1.54) is 0 Å². The van der Waals surface area contributed by atoms with Crippen LogP contribution in [0, 0.1) is 0 Å². The summed E-state index contributed by atoms with van der Waals surface area (Å²) in [6.07, 6.45) is 0.839. The van der Waals surface area contributed by atoms with Gasteiger partial charge in [0.1, 0.15) is 0 Å². The molecule has 0 bridgehead atoms. The Kier molecular flexibility index (Phi) is 3.66. The molecule has 0 aliphatic heterocycles. The zero-order valence-electron chi connectivity index (χ0n) is 7.90. The summed E-state index contributed by atoms with van der Waals surface area (Å²) < 4.78 is 0. The second kappa shape index (κ2) is 4.55. The lowest BCUT2D eigenvalue weighted by Gasteiger charge is -2.16. The molecule has 1 aromatic carbocycles. The zero-order chi connectivity index (χ0) is 9.73. The predicted molar refractivity (Wildman–Crippen MR) is 55.4 cm³/mol. The van der Waals surface area contributed by atoms with E-state index in [9.17, 15) is 9.59 Å². The van der Waals surface area contributed by atoms with Gasteiger partial charge in [-0.2, -0.15) is 0 Å². The maximum absolute atomic E-state index is 9.66. The van der Waals surface area contributed by atoms with Crippen LogP contribution in [0.5, 0.6) is 0 Å². The molecule has 0 atom stereocenters. The van der Waals surface area contributed by atoms with Crippen LogP contribution in [0.4, 0.5) is 0 Å². The molecule has 0 heterocycles. The summed E-state index contributed by atoms with van der Waals surface area (Å²) in [7, 11) is -2.94. The first-order valence-electron chi connectivity index (χ1n) is 4.63. The van der Waals surface area contributed by atoms with Gasteiger partial charge < -0.3 is 9.59 Å². The third-order valence-electron chi connectivity index (χ3n) is 1.98. The van der Waals surface area contributed by atoms with Crippen molar-refractivity contribution in [3.8, 4) is 0 Å². The lowest BCUT2D eigenvalue weighted by molar-refractivity contribution is 0.356. The van der Waals surface area contributed by atoms with Gasteiger partial charge in [-0.3, -0.25) is 0 Å². The van der Waals surface area contributed by atoms with Crippen LogP contribution in [0.2, 0.25) is 6.04 Å². The predicted octanol–water partition coefficient (Wildman–Crippen LogP) is 1.61. The van der Waals surface area contributed by atoms with E-state index in [4.69, 9.17) is 0 Å². The Bertz CT molecular complexity index is 246. The van der Waals surface area contributed by atoms with Crippen molar-refractivity contribution in [1.82, 2.24) is 0 Å². The first kappa shape index (κ1) is 10.4. The molecular weight excluding hydrogens is 180 g/mol. The van der Waals surface area contributed by atoms with E-state index in [0.29, 0.717) is 12.1 Å². The van der Waals surface area contributed by atoms with E-state index in [2.05, 4.69) is 0 Å². The summed E-state index contributed by atoms with van der Waals surface area (Å²) in [5.41, 5.74) is 1.02. The molecule has 72 valence electrons. The fourth-order valence-corrected chi connectivity index (χ4v) is 3.28. The van der Waals surface area contributed by atoms with Crippen molar-refractivity contribution in [2.75, 3.05) is 0 Å². The summed E-state index contributed by atoms with van der Waals surface area (Å²) in [6, 6.07) is 10.6. The Balaban J connectivity index is 2.58.